The summed E-state index contributed by atoms with van der Waals surface area (Å²) in [5, 5.41) is 5.23. The van der Waals surface area contributed by atoms with Gasteiger partial charge in [0.2, 0.25) is 0 Å². The Morgan fingerprint density at radius 3 is 2.77 bits per heavy atom. The van der Waals surface area contributed by atoms with Crippen molar-refractivity contribution in [1.29, 1.82) is 0 Å². The maximum absolute atomic E-state index is 12.0. The summed E-state index contributed by atoms with van der Waals surface area (Å²) in [7, 11) is 1.66. The smallest absolute Gasteiger partial charge is 0.275 e. The second-order valence-corrected chi connectivity index (χ2v) is 6.88. The molecular formula is C17H26BrN2O2+. The zero-order valence-electron chi connectivity index (χ0n) is 13.4. The summed E-state index contributed by atoms with van der Waals surface area (Å²) in [6.45, 7) is 2.59. The van der Waals surface area contributed by atoms with Gasteiger partial charge < -0.3 is 15.4 Å². The molecule has 0 radical (unpaired) electrons. The van der Waals surface area contributed by atoms with Gasteiger partial charge in [-0.05, 0) is 53.9 Å². The first-order chi connectivity index (χ1) is 10.6. The van der Waals surface area contributed by atoms with E-state index in [1.54, 1.807) is 7.11 Å². The van der Waals surface area contributed by atoms with Crippen LogP contribution in [0.15, 0.2) is 22.7 Å². The number of hydrogen-bond donors (Lipinski definition) is 2. The van der Waals surface area contributed by atoms with Crippen molar-refractivity contribution in [3.05, 3.63) is 28.2 Å². The molecule has 0 aromatic heterocycles. The van der Waals surface area contributed by atoms with Gasteiger partial charge in [0.05, 0.1) is 11.6 Å². The van der Waals surface area contributed by atoms with E-state index < -0.39 is 0 Å². The molecule has 0 heterocycles. The number of rotatable bonds is 6. The van der Waals surface area contributed by atoms with Crippen LogP contribution >= 0.6 is 15.9 Å². The standard InChI is InChI=1S/C17H25BrN2O2/c1-12(13-8-9-16(22-2)15(18)10-13)19-11-17(21)20-14-6-4-3-5-7-14/h8-10,12,14,19H,3-7,11H2,1-2H3,(H,20,21)/p+1/t12-/m1/s1. The first kappa shape index (κ1) is 17.3. The summed E-state index contributed by atoms with van der Waals surface area (Å²) in [6.07, 6.45) is 6.05. The molecule has 1 fully saturated rings. The Morgan fingerprint density at radius 1 is 1.41 bits per heavy atom. The molecule has 1 amide bonds. The highest BCUT2D eigenvalue weighted by Crippen LogP contribution is 2.27. The molecule has 5 heteroatoms. The van der Waals surface area contributed by atoms with Crippen molar-refractivity contribution < 1.29 is 14.8 Å². The Bertz CT molecular complexity index is 501. The van der Waals surface area contributed by atoms with Crippen molar-refractivity contribution in [2.45, 2.75) is 51.1 Å². The van der Waals surface area contributed by atoms with Gasteiger partial charge >= 0.3 is 0 Å². The van der Waals surface area contributed by atoms with Crippen LogP contribution in [0.1, 0.15) is 50.6 Å². The Hall–Kier alpha value is -1.07. The SMILES string of the molecule is COc1ccc([C@@H](C)[NH2+]CC(=O)NC2CCCCC2)cc1Br. The minimum atomic E-state index is 0.145. The number of amides is 1. The molecule has 0 aliphatic heterocycles. The number of nitrogens with one attached hydrogen (secondary N) is 1. The number of carbonyl (C=O) groups excluding carboxylic acids is 1. The number of nitrogens with two attached hydrogens (primary N) is 1. The minimum Gasteiger partial charge on any atom is -0.496 e. The van der Waals surface area contributed by atoms with Crippen molar-refractivity contribution in [1.82, 2.24) is 5.32 Å². The largest absolute Gasteiger partial charge is 0.496 e. The van der Waals surface area contributed by atoms with E-state index in [1.807, 2.05) is 12.1 Å². The molecule has 2 rings (SSSR count). The molecule has 1 aliphatic carbocycles. The predicted molar refractivity (Wildman–Crippen MR) is 90.9 cm³/mol. The summed E-state index contributed by atoms with van der Waals surface area (Å²) in [5.41, 5.74) is 1.18. The molecule has 1 saturated carbocycles. The van der Waals surface area contributed by atoms with E-state index in [4.69, 9.17) is 4.74 Å². The summed E-state index contributed by atoms with van der Waals surface area (Å²) >= 11 is 3.50. The van der Waals surface area contributed by atoms with Gasteiger partial charge in [0.15, 0.2) is 6.54 Å². The fourth-order valence-electron chi connectivity index (χ4n) is 2.92. The molecule has 1 aromatic rings. The third-order valence-electron chi connectivity index (χ3n) is 4.33. The van der Waals surface area contributed by atoms with Crippen molar-refractivity contribution in [2.24, 2.45) is 0 Å². The summed E-state index contributed by atoms with van der Waals surface area (Å²) in [4.78, 5) is 12.0. The molecule has 1 aliphatic rings. The van der Waals surface area contributed by atoms with Crippen LogP contribution in [0, 0.1) is 0 Å². The zero-order valence-corrected chi connectivity index (χ0v) is 15.0. The number of quaternary nitrogens is 1. The third-order valence-corrected chi connectivity index (χ3v) is 4.95. The molecule has 1 atom stereocenters. The van der Waals surface area contributed by atoms with Crippen LogP contribution in [-0.4, -0.2) is 25.6 Å². The van der Waals surface area contributed by atoms with Crippen LogP contribution in [-0.2, 0) is 4.79 Å². The molecular weight excluding hydrogens is 344 g/mol. The van der Waals surface area contributed by atoms with E-state index in [0.29, 0.717) is 12.6 Å². The lowest BCUT2D eigenvalue weighted by Crippen LogP contribution is -2.87. The lowest BCUT2D eigenvalue weighted by Gasteiger charge is -2.22. The third kappa shape index (κ3) is 4.99. The lowest BCUT2D eigenvalue weighted by molar-refractivity contribution is -0.682. The number of hydrogen-bond acceptors (Lipinski definition) is 2. The molecule has 4 nitrogen and oxygen atoms in total. The van der Waals surface area contributed by atoms with Crippen LogP contribution < -0.4 is 15.4 Å². The summed E-state index contributed by atoms with van der Waals surface area (Å²) in [6, 6.07) is 6.67. The number of ether oxygens (including phenoxy) is 1. The minimum absolute atomic E-state index is 0.145. The van der Waals surface area contributed by atoms with Crippen molar-refractivity contribution in [2.75, 3.05) is 13.7 Å². The van der Waals surface area contributed by atoms with E-state index in [1.165, 1.54) is 24.8 Å². The number of methoxy groups -OCH3 is 1. The average molecular weight is 370 g/mol. The fraction of sp³-hybridized carbons (Fsp3) is 0.588. The number of carbonyl (C=O) groups is 1. The molecule has 0 bridgehead atoms. The first-order valence-corrected chi connectivity index (χ1v) is 8.85. The highest BCUT2D eigenvalue weighted by molar-refractivity contribution is 9.10. The van der Waals surface area contributed by atoms with Crippen LogP contribution in [0.25, 0.3) is 0 Å². The van der Waals surface area contributed by atoms with Gasteiger partial charge in [0, 0.05) is 11.6 Å². The quantitative estimate of drug-likeness (QED) is 0.809. The lowest BCUT2D eigenvalue weighted by atomic mass is 9.95. The molecule has 0 spiro atoms. The zero-order chi connectivity index (χ0) is 15.9. The second-order valence-electron chi connectivity index (χ2n) is 6.02. The molecule has 22 heavy (non-hydrogen) atoms. The van der Waals surface area contributed by atoms with E-state index in [-0.39, 0.29) is 11.9 Å². The summed E-state index contributed by atoms with van der Waals surface area (Å²) < 4.78 is 6.19. The maximum Gasteiger partial charge on any atom is 0.275 e. The molecule has 122 valence electrons. The van der Waals surface area contributed by atoms with Crippen LogP contribution in [0.3, 0.4) is 0 Å². The van der Waals surface area contributed by atoms with Gasteiger partial charge in [-0.2, -0.15) is 0 Å². The maximum atomic E-state index is 12.0. The van der Waals surface area contributed by atoms with E-state index in [2.05, 4.69) is 39.6 Å². The Kier molecular flexibility index (Phi) is 6.70. The molecule has 3 N–H and O–H groups in total. The summed E-state index contributed by atoms with van der Waals surface area (Å²) in [5.74, 6) is 0.970. The van der Waals surface area contributed by atoms with Crippen molar-refractivity contribution in [3.63, 3.8) is 0 Å². The Balaban J connectivity index is 1.80. The van der Waals surface area contributed by atoms with Crippen molar-refractivity contribution >= 4 is 21.8 Å². The van der Waals surface area contributed by atoms with E-state index in [9.17, 15) is 4.79 Å². The monoisotopic (exact) mass is 369 g/mol. The number of halogens is 1. The van der Waals surface area contributed by atoms with Crippen LogP contribution in [0.4, 0.5) is 0 Å². The predicted octanol–water partition coefficient (Wildman–Crippen LogP) is 2.53. The van der Waals surface area contributed by atoms with Crippen LogP contribution in [0.5, 0.6) is 5.75 Å². The van der Waals surface area contributed by atoms with Gasteiger partial charge in [-0.15, -0.1) is 0 Å². The highest BCUT2D eigenvalue weighted by Gasteiger charge is 2.18. The average Bonchev–Trinajstić information content (AvgIpc) is 2.53. The van der Waals surface area contributed by atoms with Gasteiger partial charge in [0.1, 0.15) is 11.8 Å². The molecule has 0 unspecified atom stereocenters. The van der Waals surface area contributed by atoms with Gasteiger partial charge in [-0.3, -0.25) is 4.79 Å². The van der Waals surface area contributed by atoms with Crippen LogP contribution in [0.2, 0.25) is 0 Å². The topological polar surface area (TPSA) is 54.9 Å². The Morgan fingerprint density at radius 2 is 2.14 bits per heavy atom. The Labute approximate surface area is 141 Å². The fourth-order valence-corrected chi connectivity index (χ4v) is 3.48. The first-order valence-electron chi connectivity index (χ1n) is 8.06. The molecule has 1 aromatic carbocycles. The van der Waals surface area contributed by atoms with Gasteiger partial charge in [0.25, 0.3) is 5.91 Å². The highest BCUT2D eigenvalue weighted by atomic mass is 79.9. The van der Waals surface area contributed by atoms with E-state index >= 15 is 0 Å². The van der Waals surface area contributed by atoms with E-state index in [0.717, 1.165) is 23.1 Å². The normalized spacial score (nSPS) is 17.0. The van der Waals surface area contributed by atoms with Gasteiger partial charge in [-0.25, -0.2) is 0 Å². The van der Waals surface area contributed by atoms with Gasteiger partial charge in [-0.1, -0.05) is 19.3 Å². The number of benzene rings is 1. The van der Waals surface area contributed by atoms with Crippen molar-refractivity contribution in [3.8, 4) is 5.75 Å². The molecule has 0 saturated heterocycles. The second kappa shape index (κ2) is 8.53.